The van der Waals surface area contributed by atoms with Crippen molar-refractivity contribution in [2.75, 3.05) is 18.4 Å². The molecule has 1 aliphatic rings. The minimum Gasteiger partial charge on any atom is -0.474 e. The summed E-state index contributed by atoms with van der Waals surface area (Å²) in [5.41, 5.74) is 1.31. The Morgan fingerprint density at radius 2 is 1.84 bits per heavy atom. The molecule has 0 radical (unpaired) electrons. The number of pyridine rings is 1. The lowest BCUT2D eigenvalue weighted by atomic mass is 10.1. The maximum Gasteiger partial charge on any atom is 0.253 e. The topological polar surface area (TPSA) is 71.5 Å². The van der Waals surface area contributed by atoms with Crippen LogP contribution in [0.25, 0.3) is 0 Å². The zero-order chi connectivity index (χ0) is 17.6. The molecule has 6 heteroatoms. The summed E-state index contributed by atoms with van der Waals surface area (Å²) in [5.74, 6) is 0.501. The Kier molecular flexibility index (Phi) is 5.28. The molecule has 0 spiro atoms. The summed E-state index contributed by atoms with van der Waals surface area (Å²) in [6, 6.07) is 12.6. The van der Waals surface area contributed by atoms with Crippen molar-refractivity contribution in [3.8, 4) is 5.88 Å². The van der Waals surface area contributed by atoms with Gasteiger partial charge in [0.1, 0.15) is 6.10 Å². The highest BCUT2D eigenvalue weighted by atomic mass is 16.5. The van der Waals surface area contributed by atoms with Crippen LogP contribution in [0, 0.1) is 0 Å². The molecule has 2 heterocycles. The van der Waals surface area contributed by atoms with Crippen LogP contribution in [0.5, 0.6) is 5.88 Å². The standard InChI is InChI=1S/C19H21N3O3/c1-14(23)21-16-7-5-15(6-8-16)19(24)22-12-9-17(10-13-22)25-18-4-2-3-11-20-18/h2-8,11,17H,9-10,12-13H2,1H3,(H,21,23). The van der Waals surface area contributed by atoms with Crippen LogP contribution < -0.4 is 10.1 Å². The number of carbonyl (C=O) groups excluding carboxylic acids is 2. The molecule has 2 amide bonds. The van der Waals surface area contributed by atoms with Crippen molar-refractivity contribution >= 4 is 17.5 Å². The van der Waals surface area contributed by atoms with Gasteiger partial charge in [-0.2, -0.15) is 0 Å². The van der Waals surface area contributed by atoms with E-state index in [1.165, 1.54) is 6.92 Å². The molecular formula is C19H21N3O3. The lowest BCUT2D eigenvalue weighted by Crippen LogP contribution is -2.41. The number of likely N-dealkylation sites (tertiary alicyclic amines) is 1. The Hall–Kier alpha value is -2.89. The summed E-state index contributed by atoms with van der Waals surface area (Å²) in [7, 11) is 0. The van der Waals surface area contributed by atoms with Gasteiger partial charge in [0.2, 0.25) is 11.8 Å². The molecule has 1 aromatic carbocycles. The van der Waals surface area contributed by atoms with E-state index in [9.17, 15) is 9.59 Å². The van der Waals surface area contributed by atoms with Crippen LogP contribution >= 0.6 is 0 Å². The number of anilines is 1. The van der Waals surface area contributed by atoms with Crippen LogP contribution in [0.1, 0.15) is 30.1 Å². The van der Waals surface area contributed by atoms with E-state index >= 15 is 0 Å². The minimum absolute atomic E-state index is 0.00524. The van der Waals surface area contributed by atoms with Gasteiger partial charge >= 0.3 is 0 Å². The molecule has 3 rings (SSSR count). The molecule has 0 saturated carbocycles. The third-order valence-corrected chi connectivity index (χ3v) is 4.11. The number of nitrogens with one attached hydrogen (secondary N) is 1. The van der Waals surface area contributed by atoms with Gasteiger partial charge in [0, 0.05) is 56.4 Å². The van der Waals surface area contributed by atoms with Crippen LogP contribution in [0.3, 0.4) is 0 Å². The highest BCUT2D eigenvalue weighted by Gasteiger charge is 2.24. The fourth-order valence-corrected chi connectivity index (χ4v) is 2.85. The fraction of sp³-hybridized carbons (Fsp3) is 0.316. The van der Waals surface area contributed by atoms with E-state index in [0.29, 0.717) is 30.2 Å². The number of hydrogen-bond acceptors (Lipinski definition) is 4. The van der Waals surface area contributed by atoms with Crippen molar-refractivity contribution in [1.29, 1.82) is 0 Å². The third kappa shape index (κ3) is 4.56. The van der Waals surface area contributed by atoms with Gasteiger partial charge in [0.25, 0.3) is 5.91 Å². The van der Waals surface area contributed by atoms with Gasteiger partial charge in [-0.3, -0.25) is 9.59 Å². The quantitative estimate of drug-likeness (QED) is 0.930. The van der Waals surface area contributed by atoms with Crippen molar-refractivity contribution in [2.45, 2.75) is 25.9 Å². The minimum atomic E-state index is -0.131. The lowest BCUT2D eigenvalue weighted by Gasteiger charge is -2.32. The maximum atomic E-state index is 12.6. The monoisotopic (exact) mass is 339 g/mol. The predicted molar refractivity (Wildman–Crippen MR) is 94.5 cm³/mol. The molecule has 0 aliphatic carbocycles. The zero-order valence-electron chi connectivity index (χ0n) is 14.1. The number of carbonyl (C=O) groups is 2. The first kappa shape index (κ1) is 17.0. The van der Waals surface area contributed by atoms with Crippen molar-refractivity contribution in [3.63, 3.8) is 0 Å². The molecule has 25 heavy (non-hydrogen) atoms. The van der Waals surface area contributed by atoms with Crippen LogP contribution in [0.15, 0.2) is 48.7 Å². The number of rotatable bonds is 4. The van der Waals surface area contributed by atoms with E-state index in [2.05, 4.69) is 10.3 Å². The molecule has 1 N–H and O–H groups in total. The highest BCUT2D eigenvalue weighted by Crippen LogP contribution is 2.19. The van der Waals surface area contributed by atoms with Gasteiger partial charge < -0.3 is 15.0 Å². The first-order valence-electron chi connectivity index (χ1n) is 8.36. The smallest absolute Gasteiger partial charge is 0.253 e. The Balaban J connectivity index is 1.53. The Morgan fingerprint density at radius 3 is 2.44 bits per heavy atom. The Labute approximate surface area is 146 Å². The van der Waals surface area contributed by atoms with Gasteiger partial charge in [0.05, 0.1) is 0 Å². The largest absolute Gasteiger partial charge is 0.474 e. The predicted octanol–water partition coefficient (Wildman–Crippen LogP) is 2.72. The van der Waals surface area contributed by atoms with Crippen LogP contribution in [0.2, 0.25) is 0 Å². The molecule has 130 valence electrons. The average molecular weight is 339 g/mol. The molecule has 1 fully saturated rings. The molecule has 6 nitrogen and oxygen atoms in total. The van der Waals surface area contributed by atoms with E-state index in [1.807, 2.05) is 23.1 Å². The van der Waals surface area contributed by atoms with Crippen molar-refractivity contribution in [1.82, 2.24) is 9.88 Å². The van der Waals surface area contributed by atoms with Gasteiger partial charge in [-0.15, -0.1) is 0 Å². The van der Waals surface area contributed by atoms with Gasteiger partial charge in [-0.25, -0.2) is 4.98 Å². The molecule has 0 bridgehead atoms. The molecule has 2 aromatic rings. The van der Waals surface area contributed by atoms with Crippen LogP contribution in [-0.4, -0.2) is 40.9 Å². The first-order chi connectivity index (χ1) is 12.1. The number of hydrogen-bond donors (Lipinski definition) is 1. The summed E-state index contributed by atoms with van der Waals surface area (Å²) in [6.07, 6.45) is 3.36. The van der Waals surface area contributed by atoms with Crippen molar-refractivity contribution in [2.24, 2.45) is 0 Å². The van der Waals surface area contributed by atoms with Crippen LogP contribution in [-0.2, 0) is 4.79 Å². The van der Waals surface area contributed by atoms with E-state index in [0.717, 1.165) is 12.8 Å². The summed E-state index contributed by atoms with van der Waals surface area (Å²) in [5, 5.41) is 2.69. The maximum absolute atomic E-state index is 12.6. The highest BCUT2D eigenvalue weighted by molar-refractivity contribution is 5.95. The van der Waals surface area contributed by atoms with E-state index in [-0.39, 0.29) is 17.9 Å². The summed E-state index contributed by atoms with van der Waals surface area (Å²) in [6.45, 7) is 2.77. The Bertz CT molecular complexity index is 723. The summed E-state index contributed by atoms with van der Waals surface area (Å²) < 4.78 is 5.85. The second-order valence-corrected chi connectivity index (χ2v) is 6.04. The molecule has 0 atom stereocenters. The zero-order valence-corrected chi connectivity index (χ0v) is 14.1. The third-order valence-electron chi connectivity index (χ3n) is 4.11. The first-order valence-corrected chi connectivity index (χ1v) is 8.36. The number of nitrogens with zero attached hydrogens (tertiary/aromatic N) is 2. The number of benzene rings is 1. The van der Waals surface area contributed by atoms with Gasteiger partial charge in [-0.05, 0) is 30.3 Å². The van der Waals surface area contributed by atoms with Gasteiger partial charge in [-0.1, -0.05) is 6.07 Å². The lowest BCUT2D eigenvalue weighted by molar-refractivity contribution is -0.114. The molecule has 1 aromatic heterocycles. The number of amides is 2. The second kappa shape index (κ2) is 7.79. The summed E-state index contributed by atoms with van der Waals surface area (Å²) >= 11 is 0. The summed E-state index contributed by atoms with van der Waals surface area (Å²) in [4.78, 5) is 29.6. The van der Waals surface area contributed by atoms with Crippen LogP contribution in [0.4, 0.5) is 5.69 Å². The molecule has 0 unspecified atom stereocenters. The average Bonchev–Trinajstić information content (AvgIpc) is 2.63. The molecule has 1 aliphatic heterocycles. The SMILES string of the molecule is CC(=O)Nc1ccc(C(=O)N2CCC(Oc3ccccn3)CC2)cc1. The van der Waals surface area contributed by atoms with E-state index in [1.54, 1.807) is 30.5 Å². The normalized spacial score (nSPS) is 14.8. The van der Waals surface area contributed by atoms with E-state index < -0.39 is 0 Å². The Morgan fingerprint density at radius 1 is 1.12 bits per heavy atom. The fourth-order valence-electron chi connectivity index (χ4n) is 2.85. The number of ether oxygens (including phenoxy) is 1. The van der Waals surface area contributed by atoms with Gasteiger partial charge in [0.15, 0.2) is 0 Å². The molecule has 1 saturated heterocycles. The van der Waals surface area contributed by atoms with E-state index in [4.69, 9.17) is 4.74 Å². The van der Waals surface area contributed by atoms with Crippen molar-refractivity contribution < 1.29 is 14.3 Å². The number of aromatic nitrogens is 1. The second-order valence-electron chi connectivity index (χ2n) is 6.04. The molecular weight excluding hydrogens is 318 g/mol. The van der Waals surface area contributed by atoms with Crippen molar-refractivity contribution in [3.05, 3.63) is 54.2 Å². The number of piperidine rings is 1.